The average molecular weight is 380 g/mol. The van der Waals surface area contributed by atoms with Gasteiger partial charge in [0.05, 0.1) is 11.9 Å². The van der Waals surface area contributed by atoms with E-state index in [1.165, 1.54) is 24.0 Å². The second-order valence-corrected chi connectivity index (χ2v) is 7.92. The first-order valence-corrected chi connectivity index (χ1v) is 10.3. The Labute approximate surface area is 169 Å². The molecule has 5 nitrogen and oxygen atoms in total. The standard InChI is InChI=1S/C23H33N5/c1-16-10-13-28(14-11-16)19(4)26-22(20-8-6-7-17(2)15-20)18(3)21-9-12-25-23(24-5)27-21/h6-9,12,15-16,19,26H,10-11,13-14H2,1-5H3,(H,24,25,27)/b22-18+. The number of hydrogen-bond donors (Lipinski definition) is 2. The lowest BCUT2D eigenvalue weighted by Gasteiger charge is -2.36. The van der Waals surface area contributed by atoms with E-state index in [4.69, 9.17) is 0 Å². The van der Waals surface area contributed by atoms with Crippen LogP contribution in [0.3, 0.4) is 0 Å². The highest BCUT2D eigenvalue weighted by Crippen LogP contribution is 2.26. The van der Waals surface area contributed by atoms with Crippen LogP contribution in [0.1, 0.15) is 50.4 Å². The van der Waals surface area contributed by atoms with Gasteiger partial charge in [-0.3, -0.25) is 4.90 Å². The van der Waals surface area contributed by atoms with Crippen LogP contribution in [0.2, 0.25) is 0 Å². The van der Waals surface area contributed by atoms with Crippen LogP contribution in [0.25, 0.3) is 11.3 Å². The molecule has 1 aliphatic rings. The van der Waals surface area contributed by atoms with Gasteiger partial charge >= 0.3 is 0 Å². The van der Waals surface area contributed by atoms with E-state index in [-0.39, 0.29) is 6.17 Å². The minimum atomic E-state index is 0.267. The summed E-state index contributed by atoms with van der Waals surface area (Å²) in [5.74, 6) is 1.47. The maximum atomic E-state index is 4.66. The van der Waals surface area contributed by atoms with E-state index in [0.29, 0.717) is 5.95 Å². The molecule has 1 unspecified atom stereocenters. The Balaban J connectivity index is 1.95. The predicted octanol–water partition coefficient (Wildman–Crippen LogP) is 4.38. The quantitative estimate of drug-likeness (QED) is 0.780. The smallest absolute Gasteiger partial charge is 0.222 e. The number of aromatic nitrogens is 2. The Morgan fingerprint density at radius 1 is 1.21 bits per heavy atom. The van der Waals surface area contributed by atoms with Crippen molar-refractivity contribution in [1.82, 2.24) is 20.2 Å². The molecule has 0 radical (unpaired) electrons. The number of benzene rings is 1. The fourth-order valence-corrected chi connectivity index (χ4v) is 3.74. The summed E-state index contributed by atoms with van der Waals surface area (Å²) in [5, 5.41) is 6.84. The predicted molar refractivity (Wildman–Crippen MR) is 118 cm³/mol. The van der Waals surface area contributed by atoms with E-state index < -0.39 is 0 Å². The largest absolute Gasteiger partial charge is 0.369 e. The summed E-state index contributed by atoms with van der Waals surface area (Å²) in [6.07, 6.45) is 4.61. The molecule has 1 aromatic heterocycles. The summed E-state index contributed by atoms with van der Waals surface area (Å²) in [6.45, 7) is 11.2. The molecule has 2 aromatic rings. The summed E-state index contributed by atoms with van der Waals surface area (Å²) >= 11 is 0. The van der Waals surface area contributed by atoms with Gasteiger partial charge in [-0.2, -0.15) is 0 Å². The average Bonchev–Trinajstić information content (AvgIpc) is 2.72. The third kappa shape index (κ3) is 4.90. The molecule has 3 rings (SSSR count). The van der Waals surface area contributed by atoms with Crippen molar-refractivity contribution >= 4 is 17.2 Å². The molecule has 1 saturated heterocycles. The Kier molecular flexibility index (Phi) is 6.68. The lowest BCUT2D eigenvalue weighted by atomic mass is 9.98. The zero-order valence-electron chi connectivity index (χ0n) is 17.8. The zero-order valence-corrected chi connectivity index (χ0v) is 17.8. The summed E-state index contributed by atoms with van der Waals surface area (Å²) in [5.41, 5.74) is 5.64. The van der Waals surface area contributed by atoms with Crippen LogP contribution in [0.5, 0.6) is 0 Å². The van der Waals surface area contributed by atoms with E-state index >= 15 is 0 Å². The summed E-state index contributed by atoms with van der Waals surface area (Å²) in [4.78, 5) is 11.5. The van der Waals surface area contributed by atoms with Crippen molar-refractivity contribution in [3.63, 3.8) is 0 Å². The Morgan fingerprint density at radius 3 is 2.64 bits per heavy atom. The van der Waals surface area contributed by atoms with Gasteiger partial charge in [-0.15, -0.1) is 0 Å². The highest BCUT2D eigenvalue weighted by Gasteiger charge is 2.22. The highest BCUT2D eigenvalue weighted by molar-refractivity contribution is 5.88. The molecule has 0 amide bonds. The minimum Gasteiger partial charge on any atom is -0.369 e. The Hall–Kier alpha value is -2.40. The van der Waals surface area contributed by atoms with Gasteiger partial charge in [0.1, 0.15) is 0 Å². The first kappa shape index (κ1) is 20.3. The molecule has 2 heterocycles. The summed E-state index contributed by atoms with van der Waals surface area (Å²) in [6, 6.07) is 10.6. The second-order valence-electron chi connectivity index (χ2n) is 7.92. The van der Waals surface area contributed by atoms with Gasteiger partial charge in [0.2, 0.25) is 5.95 Å². The first-order chi connectivity index (χ1) is 13.5. The molecular weight excluding hydrogens is 346 g/mol. The van der Waals surface area contributed by atoms with Gasteiger partial charge in [-0.05, 0) is 62.8 Å². The number of nitrogens with one attached hydrogen (secondary N) is 2. The Bertz CT molecular complexity index is 821. The molecule has 0 spiro atoms. The molecule has 150 valence electrons. The topological polar surface area (TPSA) is 53.1 Å². The summed E-state index contributed by atoms with van der Waals surface area (Å²) < 4.78 is 0. The zero-order chi connectivity index (χ0) is 20.1. The number of allylic oxidation sites excluding steroid dienone is 1. The van der Waals surface area contributed by atoms with Crippen LogP contribution in [0.4, 0.5) is 5.95 Å². The van der Waals surface area contributed by atoms with Crippen LogP contribution in [-0.2, 0) is 0 Å². The van der Waals surface area contributed by atoms with Crippen LogP contribution in [0, 0.1) is 12.8 Å². The van der Waals surface area contributed by atoms with Crippen molar-refractivity contribution in [1.29, 1.82) is 0 Å². The Morgan fingerprint density at radius 2 is 1.96 bits per heavy atom. The van der Waals surface area contributed by atoms with Gasteiger partial charge in [-0.25, -0.2) is 9.97 Å². The van der Waals surface area contributed by atoms with Crippen molar-refractivity contribution in [2.45, 2.75) is 46.7 Å². The third-order valence-corrected chi connectivity index (χ3v) is 5.66. The van der Waals surface area contributed by atoms with E-state index in [2.05, 4.69) is 77.5 Å². The fourth-order valence-electron chi connectivity index (χ4n) is 3.74. The van der Waals surface area contributed by atoms with Crippen molar-refractivity contribution in [3.05, 3.63) is 53.3 Å². The minimum absolute atomic E-state index is 0.267. The number of piperidine rings is 1. The van der Waals surface area contributed by atoms with E-state index in [1.807, 2.05) is 13.1 Å². The van der Waals surface area contributed by atoms with Crippen LogP contribution in [0.15, 0.2) is 36.5 Å². The second kappa shape index (κ2) is 9.20. The molecule has 1 atom stereocenters. The van der Waals surface area contributed by atoms with E-state index in [9.17, 15) is 0 Å². The first-order valence-electron chi connectivity index (χ1n) is 10.3. The molecule has 28 heavy (non-hydrogen) atoms. The van der Waals surface area contributed by atoms with Gasteiger partial charge < -0.3 is 10.6 Å². The van der Waals surface area contributed by atoms with Gasteiger partial charge in [0.25, 0.3) is 0 Å². The van der Waals surface area contributed by atoms with Crippen LogP contribution >= 0.6 is 0 Å². The summed E-state index contributed by atoms with van der Waals surface area (Å²) in [7, 11) is 1.84. The van der Waals surface area contributed by atoms with Crippen molar-refractivity contribution < 1.29 is 0 Å². The molecule has 2 N–H and O–H groups in total. The van der Waals surface area contributed by atoms with Gasteiger partial charge in [0.15, 0.2) is 0 Å². The number of nitrogens with zero attached hydrogens (tertiary/aromatic N) is 3. The number of aryl methyl sites for hydroxylation is 1. The third-order valence-electron chi connectivity index (χ3n) is 5.66. The van der Waals surface area contributed by atoms with Crippen molar-refractivity contribution in [2.75, 3.05) is 25.5 Å². The number of rotatable bonds is 6. The van der Waals surface area contributed by atoms with E-state index in [1.54, 1.807) is 6.20 Å². The number of anilines is 1. The molecule has 0 aliphatic carbocycles. The lowest BCUT2D eigenvalue weighted by Crippen LogP contribution is -2.46. The molecule has 1 aromatic carbocycles. The van der Waals surface area contributed by atoms with Crippen molar-refractivity contribution in [3.8, 4) is 0 Å². The molecular formula is C23H33N5. The number of hydrogen-bond acceptors (Lipinski definition) is 5. The molecule has 0 saturated carbocycles. The lowest BCUT2D eigenvalue weighted by molar-refractivity contribution is 0.137. The maximum absolute atomic E-state index is 4.66. The monoisotopic (exact) mass is 379 g/mol. The molecule has 0 bridgehead atoms. The van der Waals surface area contributed by atoms with Crippen LogP contribution < -0.4 is 10.6 Å². The molecule has 5 heteroatoms. The van der Waals surface area contributed by atoms with Crippen molar-refractivity contribution in [2.24, 2.45) is 5.92 Å². The van der Waals surface area contributed by atoms with Gasteiger partial charge in [0, 0.05) is 32.0 Å². The normalized spacial score (nSPS) is 17.8. The SMILES string of the molecule is CNc1nccc(/C(C)=C(/NC(C)N2CCC(C)CC2)c2cccc(C)c2)n1. The highest BCUT2D eigenvalue weighted by atomic mass is 15.3. The van der Waals surface area contributed by atoms with E-state index in [0.717, 1.165) is 36.0 Å². The molecule has 1 aliphatic heterocycles. The number of likely N-dealkylation sites (tertiary alicyclic amines) is 1. The van der Waals surface area contributed by atoms with Crippen LogP contribution in [-0.4, -0.2) is 41.2 Å². The molecule has 1 fully saturated rings. The fraction of sp³-hybridized carbons (Fsp3) is 0.478. The van der Waals surface area contributed by atoms with Gasteiger partial charge in [-0.1, -0.05) is 30.7 Å². The maximum Gasteiger partial charge on any atom is 0.222 e.